The molecule has 2 aromatic carbocycles. The zero-order valence-corrected chi connectivity index (χ0v) is 40.3. The van der Waals surface area contributed by atoms with Crippen molar-refractivity contribution >= 4 is 59.5 Å². The molecule has 0 spiro atoms. The van der Waals surface area contributed by atoms with Crippen LogP contribution in [0.25, 0.3) is 27.2 Å². The van der Waals surface area contributed by atoms with Crippen LogP contribution in [0.15, 0.2) is 90.7 Å². The molecule has 2 N–H and O–H groups in total. The van der Waals surface area contributed by atoms with Gasteiger partial charge in [0.2, 0.25) is 6.54 Å². The monoisotopic (exact) mass is 979 g/mol. The first-order valence-electron chi connectivity index (χ1n) is 22.6. The molecule has 368 valence electrons. The first-order valence-corrected chi connectivity index (χ1v) is 24.1. The van der Waals surface area contributed by atoms with Crippen molar-refractivity contribution in [2.24, 2.45) is 4.74 Å². The molecule has 6 heterocycles. The van der Waals surface area contributed by atoms with E-state index in [0.29, 0.717) is 39.9 Å². The van der Waals surface area contributed by atoms with Gasteiger partial charge in [0.15, 0.2) is 34.0 Å². The number of fused-ring (bicyclic) bond motifs is 2. The van der Waals surface area contributed by atoms with Gasteiger partial charge in [-0.15, -0.1) is 4.74 Å². The fourth-order valence-corrected chi connectivity index (χ4v) is 9.65. The Morgan fingerprint density at radius 1 is 0.757 bits per heavy atom. The second-order valence-corrected chi connectivity index (χ2v) is 18.8. The highest BCUT2D eigenvalue weighted by molar-refractivity contribution is 7.51. The van der Waals surface area contributed by atoms with Crippen LogP contribution in [-0.4, -0.2) is 139 Å². The van der Waals surface area contributed by atoms with Gasteiger partial charge >= 0.3 is 13.8 Å². The zero-order chi connectivity index (χ0) is 49.4. The van der Waals surface area contributed by atoms with Gasteiger partial charge in [0, 0.05) is 38.1 Å². The summed E-state index contributed by atoms with van der Waals surface area (Å²) in [7, 11) is -1.05. The number of nitrogens with one attached hydrogen (secondary N) is 2. The van der Waals surface area contributed by atoms with Crippen molar-refractivity contribution in [3.8, 4) is 0 Å². The topological polar surface area (TPSA) is 247 Å². The second kappa shape index (κ2) is 22.4. The van der Waals surface area contributed by atoms with E-state index in [2.05, 4.69) is 50.1 Å². The highest BCUT2D eigenvalue weighted by atomic mass is 31.2. The average molecular weight is 980 g/mol. The van der Waals surface area contributed by atoms with Gasteiger partial charge in [0.1, 0.15) is 50.0 Å². The van der Waals surface area contributed by atoms with Gasteiger partial charge in [0.25, 0.3) is 11.8 Å². The van der Waals surface area contributed by atoms with Crippen molar-refractivity contribution in [2.75, 3.05) is 51.1 Å². The van der Waals surface area contributed by atoms with Crippen LogP contribution in [0.1, 0.15) is 73.7 Å². The Labute approximate surface area is 403 Å². The van der Waals surface area contributed by atoms with Crippen LogP contribution in [0.3, 0.4) is 0 Å². The van der Waals surface area contributed by atoms with E-state index in [1.165, 1.54) is 38.0 Å². The summed E-state index contributed by atoms with van der Waals surface area (Å²) >= 11 is 0. The third-order valence-corrected chi connectivity index (χ3v) is 12.9. The standard InChI is InChI=1S/C46H54N13O10P/c1-28(2)63-22-34-33(21-37(67-34)59-27-53-39-41(49-25-51-43(39)59)55-45(61)31-16-12-9-13-17-31)69-70(64-19-18-47-5,56-46(62)57(6)7)65-23-35-32(66-29(3)4)20-36(68-35)58-26-52-38-40(48-24-50-42(38)58)54-44(60)30-14-10-8-11-15-30/h8-17,24-29,32-37H,18-23H2,1-4,6-7H3,(H,48,50,54,60)(H,49,51,55,61)/t32-,33-,34?,35?,36?,37?,70?/m1/s1. The first-order chi connectivity index (χ1) is 33.8. The van der Waals surface area contributed by atoms with Gasteiger partial charge in [0.05, 0.1) is 44.2 Å². The van der Waals surface area contributed by atoms with E-state index in [1.807, 2.05) is 39.8 Å². The minimum atomic E-state index is -4.11. The highest BCUT2D eigenvalue weighted by Gasteiger charge is 2.45. The Morgan fingerprint density at radius 3 is 1.79 bits per heavy atom. The molecule has 0 bridgehead atoms. The summed E-state index contributed by atoms with van der Waals surface area (Å²) in [5, 5.41) is 5.66. The largest absolute Gasteiger partial charge is 0.376 e. The molecule has 0 saturated carbocycles. The van der Waals surface area contributed by atoms with Crippen LogP contribution < -0.4 is 10.6 Å². The second-order valence-electron chi connectivity index (χ2n) is 17.0. The molecule has 2 aliphatic heterocycles. The summed E-state index contributed by atoms with van der Waals surface area (Å²) in [5.41, 5.74) is 2.35. The number of hydrogen-bond donors (Lipinski definition) is 2. The molecular weight excluding hydrogens is 926 g/mol. The predicted octanol–water partition coefficient (Wildman–Crippen LogP) is 6.93. The number of carbonyl (C=O) groups is 3. The summed E-state index contributed by atoms with van der Waals surface area (Å²) in [4.78, 5) is 71.2. The van der Waals surface area contributed by atoms with Gasteiger partial charge in [-0.05, 0) is 52.0 Å². The van der Waals surface area contributed by atoms with E-state index >= 15 is 0 Å². The van der Waals surface area contributed by atoms with Crippen molar-refractivity contribution in [2.45, 2.75) is 89.6 Å². The average Bonchev–Trinajstić information content (AvgIpc) is 4.16. The SMILES string of the molecule is [C-]#[N+]CCOP(=NC(=O)N(C)C)(OCC1OC(n2cnc3c(NC(=O)c4ccccc4)ncnc32)C[C@H]1OC(C)C)O[C@@H]1CC(n2cnc3c(NC(=O)c4ccccc4)ncnc32)OC1COC(C)C. The van der Waals surface area contributed by atoms with Crippen LogP contribution in [0.4, 0.5) is 16.4 Å². The molecule has 0 radical (unpaired) electrons. The fraction of sp³-hybridized carbons (Fsp3) is 0.435. The van der Waals surface area contributed by atoms with Crippen molar-refractivity contribution in [3.63, 3.8) is 0 Å². The van der Waals surface area contributed by atoms with Crippen molar-refractivity contribution in [3.05, 3.63) is 109 Å². The Kier molecular flexibility index (Phi) is 16.0. The lowest BCUT2D eigenvalue weighted by Crippen LogP contribution is -2.33. The lowest BCUT2D eigenvalue weighted by molar-refractivity contribution is -0.0808. The predicted molar refractivity (Wildman–Crippen MR) is 254 cm³/mol. The van der Waals surface area contributed by atoms with Crippen LogP contribution in [0, 0.1) is 6.57 Å². The van der Waals surface area contributed by atoms with Gasteiger partial charge < -0.3 is 39.3 Å². The summed E-state index contributed by atoms with van der Waals surface area (Å²) in [6, 6.07) is 16.8. The molecule has 24 heteroatoms. The minimum absolute atomic E-state index is 0.0697. The lowest BCUT2D eigenvalue weighted by Gasteiger charge is -2.30. The smallest absolute Gasteiger partial charge is 0.365 e. The van der Waals surface area contributed by atoms with Crippen LogP contribution >= 0.6 is 7.74 Å². The number of ether oxygens (including phenoxy) is 4. The molecule has 2 saturated heterocycles. The number of carbonyl (C=O) groups excluding carboxylic acids is 3. The number of nitrogens with zero attached hydrogens (tertiary/aromatic N) is 11. The maximum Gasteiger partial charge on any atom is 0.365 e. The van der Waals surface area contributed by atoms with Crippen LogP contribution in [0.2, 0.25) is 0 Å². The Hall–Kier alpha value is -6.61. The molecule has 5 unspecified atom stereocenters. The van der Waals surface area contributed by atoms with E-state index in [9.17, 15) is 14.4 Å². The number of hydrogen-bond acceptors (Lipinski definition) is 16. The molecule has 23 nitrogen and oxygen atoms in total. The number of amides is 4. The molecule has 2 aliphatic rings. The van der Waals surface area contributed by atoms with E-state index in [0.717, 1.165) is 0 Å². The number of urea groups is 1. The van der Waals surface area contributed by atoms with Crippen LogP contribution in [-0.2, 0) is 32.5 Å². The quantitative estimate of drug-likeness (QED) is 0.0474. The first kappa shape index (κ1) is 49.8. The highest BCUT2D eigenvalue weighted by Crippen LogP contribution is 2.57. The molecule has 70 heavy (non-hydrogen) atoms. The normalized spacial score (nSPS) is 21.0. The third-order valence-electron chi connectivity index (χ3n) is 11.0. The van der Waals surface area contributed by atoms with Gasteiger partial charge in [-0.1, -0.05) is 36.4 Å². The van der Waals surface area contributed by atoms with Gasteiger partial charge in [-0.3, -0.25) is 32.3 Å². The van der Waals surface area contributed by atoms with Gasteiger partial charge in [-0.25, -0.2) is 41.3 Å². The van der Waals surface area contributed by atoms with E-state index in [4.69, 9.17) is 39.1 Å². The fourth-order valence-electron chi connectivity index (χ4n) is 7.69. The zero-order valence-electron chi connectivity index (χ0n) is 39.4. The number of aromatic nitrogens is 8. The molecule has 7 atom stereocenters. The molecule has 8 rings (SSSR count). The lowest BCUT2D eigenvalue weighted by atomic mass is 10.2. The molecule has 2 fully saturated rings. The maximum atomic E-state index is 13.6. The molecule has 6 aromatic rings. The summed E-state index contributed by atoms with van der Waals surface area (Å²) < 4.78 is 53.5. The van der Waals surface area contributed by atoms with E-state index < -0.39 is 50.6 Å². The molecular formula is C46H54N13O10P. The minimum Gasteiger partial charge on any atom is -0.376 e. The van der Waals surface area contributed by atoms with Crippen LogP contribution in [0.5, 0.6) is 0 Å². The van der Waals surface area contributed by atoms with E-state index in [1.54, 1.807) is 64.0 Å². The van der Waals surface area contributed by atoms with E-state index in [-0.39, 0.29) is 68.4 Å². The summed E-state index contributed by atoms with van der Waals surface area (Å²) in [6.45, 7) is 14.7. The third kappa shape index (κ3) is 11.7. The molecule has 4 amide bonds. The Bertz CT molecular complexity index is 2880. The summed E-state index contributed by atoms with van der Waals surface area (Å²) in [5.74, 6) is -0.295. The molecule has 0 aliphatic carbocycles. The Balaban J connectivity index is 1.07. The molecule has 4 aromatic heterocycles. The van der Waals surface area contributed by atoms with Crippen molar-refractivity contribution in [1.29, 1.82) is 0 Å². The summed E-state index contributed by atoms with van der Waals surface area (Å²) in [6.07, 6.45) is 1.45. The van der Waals surface area contributed by atoms with Crippen molar-refractivity contribution < 1.29 is 46.9 Å². The number of benzene rings is 2. The van der Waals surface area contributed by atoms with Crippen molar-refractivity contribution in [1.82, 2.24) is 43.9 Å². The number of rotatable bonds is 19. The maximum absolute atomic E-state index is 13.6. The number of anilines is 2. The number of imidazole rings is 2. The Morgan fingerprint density at radius 2 is 1.29 bits per heavy atom. The van der Waals surface area contributed by atoms with Gasteiger partial charge in [-0.2, -0.15) is 0 Å².